The van der Waals surface area contributed by atoms with Crippen LogP contribution in [0.3, 0.4) is 0 Å². The topological polar surface area (TPSA) is 0 Å². The maximum absolute atomic E-state index is 5.11. The fraction of sp³-hybridized carbons (Fsp3) is 0.429. The SMILES string of the molecule is [B]/C=C/CC/C=C\C. The van der Waals surface area contributed by atoms with Crippen LogP contribution >= 0.6 is 0 Å². The van der Waals surface area contributed by atoms with Crippen LogP contribution in [-0.4, -0.2) is 7.85 Å². The lowest BCUT2D eigenvalue weighted by Crippen LogP contribution is -1.62. The summed E-state index contributed by atoms with van der Waals surface area (Å²) in [5.41, 5.74) is 0. The summed E-state index contributed by atoms with van der Waals surface area (Å²) in [5.74, 6) is 1.59. The molecule has 0 saturated heterocycles. The highest BCUT2D eigenvalue weighted by Gasteiger charge is 1.70. The molecule has 0 aromatic carbocycles. The maximum Gasteiger partial charge on any atom is 0.102 e. The van der Waals surface area contributed by atoms with Crippen molar-refractivity contribution in [3.8, 4) is 0 Å². The van der Waals surface area contributed by atoms with Crippen LogP contribution in [0.1, 0.15) is 19.8 Å². The first-order valence-corrected chi connectivity index (χ1v) is 2.89. The van der Waals surface area contributed by atoms with Gasteiger partial charge in [0.2, 0.25) is 0 Å². The second-order valence-corrected chi connectivity index (χ2v) is 1.57. The lowest BCUT2D eigenvalue weighted by atomic mass is 10.1. The van der Waals surface area contributed by atoms with Crippen LogP contribution in [0.5, 0.6) is 0 Å². The van der Waals surface area contributed by atoms with Crippen molar-refractivity contribution in [2.45, 2.75) is 19.8 Å². The summed E-state index contributed by atoms with van der Waals surface area (Å²) < 4.78 is 0. The smallest absolute Gasteiger partial charge is 0.102 e. The number of rotatable bonds is 3. The zero-order chi connectivity index (χ0) is 6.24. The summed E-state index contributed by atoms with van der Waals surface area (Å²) >= 11 is 0. The summed E-state index contributed by atoms with van der Waals surface area (Å²) in [6.45, 7) is 2.02. The highest BCUT2D eigenvalue weighted by Crippen LogP contribution is 1.90. The van der Waals surface area contributed by atoms with E-state index in [4.69, 9.17) is 7.85 Å². The molecule has 2 radical (unpaired) electrons. The molecule has 0 aliphatic carbocycles. The molecule has 0 aliphatic rings. The zero-order valence-corrected chi connectivity index (χ0v) is 5.30. The average molecular weight is 106 g/mol. The van der Waals surface area contributed by atoms with Crippen LogP contribution < -0.4 is 0 Å². The van der Waals surface area contributed by atoms with Crippen LogP contribution in [0.2, 0.25) is 0 Å². The predicted molar refractivity (Wildman–Crippen MR) is 38.9 cm³/mol. The summed E-state index contributed by atoms with van der Waals surface area (Å²) in [6.07, 6.45) is 8.29. The van der Waals surface area contributed by atoms with Gasteiger partial charge >= 0.3 is 0 Å². The van der Waals surface area contributed by atoms with Crippen LogP contribution in [0.4, 0.5) is 0 Å². The first-order chi connectivity index (χ1) is 3.91. The van der Waals surface area contributed by atoms with Gasteiger partial charge in [-0.2, -0.15) is 0 Å². The van der Waals surface area contributed by atoms with E-state index in [2.05, 4.69) is 6.08 Å². The van der Waals surface area contributed by atoms with Crippen molar-refractivity contribution in [2.24, 2.45) is 0 Å². The standard InChI is InChI=1S/C7H11B/c1-2-3-4-5-6-7-8/h2-3,6-7H,4-5H2,1H3/b3-2-,7-6+. The molecule has 0 heterocycles. The number of allylic oxidation sites excluding steroid dienone is 3. The summed E-state index contributed by atoms with van der Waals surface area (Å²) in [6, 6.07) is 0. The zero-order valence-electron chi connectivity index (χ0n) is 5.30. The Morgan fingerprint density at radius 3 is 2.38 bits per heavy atom. The molecular formula is C7H11B. The molecule has 0 amide bonds. The van der Waals surface area contributed by atoms with Gasteiger partial charge in [0.1, 0.15) is 7.85 Å². The Morgan fingerprint density at radius 1 is 1.25 bits per heavy atom. The van der Waals surface area contributed by atoms with Gasteiger partial charge in [-0.15, -0.1) is 5.98 Å². The van der Waals surface area contributed by atoms with Crippen LogP contribution in [0, 0.1) is 0 Å². The molecule has 42 valence electrons. The molecule has 0 aromatic rings. The van der Waals surface area contributed by atoms with Crippen molar-refractivity contribution in [1.82, 2.24) is 0 Å². The summed E-state index contributed by atoms with van der Waals surface area (Å²) in [4.78, 5) is 0. The minimum absolute atomic E-state index is 1.06. The number of hydrogen-bond donors (Lipinski definition) is 0. The fourth-order valence-electron chi connectivity index (χ4n) is 0.455. The van der Waals surface area contributed by atoms with E-state index in [0.29, 0.717) is 0 Å². The average Bonchev–Trinajstić information content (AvgIpc) is 1.81. The molecule has 0 saturated carbocycles. The van der Waals surface area contributed by atoms with Gasteiger partial charge in [0, 0.05) is 0 Å². The highest BCUT2D eigenvalue weighted by atomic mass is 13.8. The van der Waals surface area contributed by atoms with Gasteiger partial charge in [0.15, 0.2) is 0 Å². The van der Waals surface area contributed by atoms with Gasteiger partial charge in [0.05, 0.1) is 0 Å². The van der Waals surface area contributed by atoms with E-state index in [1.807, 2.05) is 19.1 Å². The predicted octanol–water partition coefficient (Wildman–Crippen LogP) is 2.02. The monoisotopic (exact) mass is 106 g/mol. The first kappa shape index (κ1) is 7.54. The molecule has 0 bridgehead atoms. The van der Waals surface area contributed by atoms with Gasteiger partial charge in [-0.05, 0) is 19.8 Å². The van der Waals surface area contributed by atoms with Crippen molar-refractivity contribution in [3.63, 3.8) is 0 Å². The van der Waals surface area contributed by atoms with Gasteiger partial charge in [0.25, 0.3) is 0 Å². The molecule has 0 unspecified atom stereocenters. The molecule has 0 rings (SSSR count). The quantitative estimate of drug-likeness (QED) is 0.293. The second kappa shape index (κ2) is 6.54. The van der Waals surface area contributed by atoms with Crippen LogP contribution in [-0.2, 0) is 0 Å². The maximum atomic E-state index is 5.11. The molecule has 0 aliphatic heterocycles. The summed E-state index contributed by atoms with van der Waals surface area (Å²) in [7, 11) is 5.11. The molecular weight excluding hydrogens is 94.9 g/mol. The minimum atomic E-state index is 1.06. The van der Waals surface area contributed by atoms with Crippen LogP contribution in [0.25, 0.3) is 0 Å². The van der Waals surface area contributed by atoms with E-state index in [0.717, 1.165) is 12.8 Å². The lowest BCUT2D eigenvalue weighted by molar-refractivity contribution is 1.05. The highest BCUT2D eigenvalue weighted by molar-refractivity contribution is 6.16. The van der Waals surface area contributed by atoms with Gasteiger partial charge in [-0.3, -0.25) is 0 Å². The third kappa shape index (κ3) is 5.54. The molecule has 0 spiro atoms. The van der Waals surface area contributed by atoms with Crippen LogP contribution in [0.15, 0.2) is 24.2 Å². The lowest BCUT2D eigenvalue weighted by Gasteiger charge is -1.81. The molecule has 8 heavy (non-hydrogen) atoms. The Bertz CT molecular complexity index is 70.4. The Balaban J connectivity index is 2.93. The Morgan fingerprint density at radius 2 is 1.88 bits per heavy atom. The molecule has 0 nitrogen and oxygen atoms in total. The van der Waals surface area contributed by atoms with Gasteiger partial charge in [-0.1, -0.05) is 18.2 Å². The van der Waals surface area contributed by atoms with E-state index in [1.165, 1.54) is 0 Å². The Labute approximate surface area is 52.7 Å². The fourth-order valence-corrected chi connectivity index (χ4v) is 0.455. The van der Waals surface area contributed by atoms with E-state index >= 15 is 0 Å². The Hall–Kier alpha value is -0.455. The first-order valence-electron chi connectivity index (χ1n) is 2.89. The Kier molecular flexibility index (Phi) is 6.17. The number of hydrogen-bond acceptors (Lipinski definition) is 0. The third-order valence-corrected chi connectivity index (χ3v) is 0.872. The number of unbranched alkanes of at least 4 members (excludes halogenated alkanes) is 1. The molecule has 0 fully saturated rings. The summed E-state index contributed by atoms with van der Waals surface area (Å²) in [5, 5.41) is 0. The third-order valence-electron chi connectivity index (χ3n) is 0.872. The van der Waals surface area contributed by atoms with Crippen molar-refractivity contribution < 1.29 is 0 Å². The van der Waals surface area contributed by atoms with E-state index in [1.54, 1.807) is 5.98 Å². The molecule has 0 N–H and O–H groups in total. The normalized spacial score (nSPS) is 11.6. The van der Waals surface area contributed by atoms with E-state index < -0.39 is 0 Å². The van der Waals surface area contributed by atoms with E-state index in [9.17, 15) is 0 Å². The van der Waals surface area contributed by atoms with E-state index in [-0.39, 0.29) is 0 Å². The minimum Gasteiger partial charge on any atom is -0.135 e. The van der Waals surface area contributed by atoms with Crippen molar-refractivity contribution in [2.75, 3.05) is 0 Å². The second-order valence-electron chi connectivity index (χ2n) is 1.57. The largest absolute Gasteiger partial charge is 0.135 e. The van der Waals surface area contributed by atoms with Gasteiger partial charge < -0.3 is 0 Å². The van der Waals surface area contributed by atoms with Gasteiger partial charge in [-0.25, -0.2) is 0 Å². The van der Waals surface area contributed by atoms with Crippen molar-refractivity contribution in [1.29, 1.82) is 0 Å². The molecule has 0 aromatic heterocycles. The molecule has 1 heteroatoms. The van der Waals surface area contributed by atoms with Crippen molar-refractivity contribution >= 4 is 7.85 Å². The molecule has 0 atom stereocenters. The van der Waals surface area contributed by atoms with Crippen molar-refractivity contribution in [3.05, 3.63) is 24.2 Å².